The Morgan fingerprint density at radius 3 is 2.22 bits per heavy atom. The Morgan fingerprint density at radius 2 is 1.62 bits per heavy atom. The van der Waals surface area contributed by atoms with E-state index in [1.54, 1.807) is 24.3 Å². The molecule has 0 spiro atoms. The monoisotopic (exact) mass is 637 g/mol. The van der Waals surface area contributed by atoms with Gasteiger partial charge in [-0.15, -0.1) is 0 Å². The fourth-order valence-corrected chi connectivity index (χ4v) is 8.70. The third-order valence-electron chi connectivity index (χ3n) is 10.8. The number of carbonyl (C=O) groups is 2. The number of hydrogen-bond donors (Lipinski definition) is 3. The number of carboxylic acid groups (broad SMARTS) is 1. The minimum atomic E-state index is -2.15. The largest absolute Gasteiger partial charge is 0.484 e. The molecule has 1 amide bonds. The number of nitrogens with zero attached hydrogens (tertiary/aromatic N) is 3. The first-order valence-electron chi connectivity index (χ1n) is 16.8. The lowest BCUT2D eigenvalue weighted by Crippen LogP contribution is -2.53. The molecule has 10 heteroatoms. The molecule has 9 nitrogen and oxygen atoms in total. The van der Waals surface area contributed by atoms with Crippen LogP contribution in [0.1, 0.15) is 69.8 Å². The lowest BCUT2D eigenvalue weighted by Gasteiger charge is -2.42. The summed E-state index contributed by atoms with van der Waals surface area (Å²) in [6.07, 6.45) is 8.27. The molecule has 0 radical (unpaired) electrons. The summed E-state index contributed by atoms with van der Waals surface area (Å²) in [6.45, 7) is 5.45. The lowest BCUT2D eigenvalue weighted by molar-refractivity contribution is -0.145. The molecule has 2 aromatic carbocycles. The minimum absolute atomic E-state index is 0.00410. The van der Waals surface area contributed by atoms with Gasteiger partial charge in [0.2, 0.25) is 0 Å². The van der Waals surface area contributed by atoms with E-state index >= 15 is 0 Å². The summed E-state index contributed by atoms with van der Waals surface area (Å²) < 4.78 is 5.85. The summed E-state index contributed by atoms with van der Waals surface area (Å²) in [6, 6.07) is 17.4. The maximum atomic E-state index is 13.6. The first kappa shape index (κ1) is 32.4. The first-order chi connectivity index (χ1) is 21.8. The van der Waals surface area contributed by atoms with Crippen molar-refractivity contribution in [2.45, 2.75) is 88.4 Å². The van der Waals surface area contributed by atoms with Gasteiger partial charge in [-0.05, 0) is 73.8 Å². The van der Waals surface area contributed by atoms with Crippen LogP contribution in [-0.2, 0) is 9.59 Å². The van der Waals surface area contributed by atoms with Gasteiger partial charge in [0.15, 0.2) is 15.0 Å². The highest BCUT2D eigenvalue weighted by Gasteiger charge is 2.47. The van der Waals surface area contributed by atoms with Gasteiger partial charge in [-0.2, -0.15) is 0 Å². The predicted octanol–water partition coefficient (Wildman–Crippen LogP) is 4.19. The van der Waals surface area contributed by atoms with Crippen molar-refractivity contribution in [3.63, 3.8) is 0 Å². The molecule has 2 saturated heterocycles. The van der Waals surface area contributed by atoms with Crippen LogP contribution < -0.4 is 10.0 Å². The third-order valence-corrected chi connectivity index (χ3v) is 11.6. The van der Waals surface area contributed by atoms with Crippen LogP contribution in [0.5, 0.6) is 5.75 Å². The maximum Gasteiger partial charge on any atom is 0.321 e. The number of benzene rings is 2. The molecule has 2 aliphatic heterocycles. The van der Waals surface area contributed by atoms with Gasteiger partial charge in [-0.1, -0.05) is 56.5 Å². The van der Waals surface area contributed by atoms with Crippen molar-refractivity contribution in [1.29, 1.82) is 0 Å². The van der Waals surface area contributed by atoms with Gasteiger partial charge >= 0.3 is 5.97 Å². The van der Waals surface area contributed by atoms with E-state index in [-0.39, 0.29) is 42.5 Å². The van der Waals surface area contributed by atoms with Crippen molar-refractivity contribution in [1.82, 2.24) is 14.7 Å². The van der Waals surface area contributed by atoms with Gasteiger partial charge in [-0.25, -0.2) is 0 Å². The van der Waals surface area contributed by atoms with Crippen molar-refractivity contribution in [3.8, 4) is 5.75 Å². The fourth-order valence-electron chi connectivity index (χ4n) is 8.29. The predicted molar refractivity (Wildman–Crippen MR) is 174 cm³/mol. The molecule has 0 aromatic heterocycles. The van der Waals surface area contributed by atoms with Crippen molar-refractivity contribution in [2.75, 3.05) is 32.8 Å². The lowest BCUT2D eigenvalue weighted by atomic mass is 9.83. The average molecular weight is 638 g/mol. The molecule has 45 heavy (non-hydrogen) atoms. The van der Waals surface area contributed by atoms with Crippen LogP contribution in [0.4, 0.5) is 0 Å². The van der Waals surface area contributed by atoms with E-state index in [1.807, 2.05) is 6.07 Å². The van der Waals surface area contributed by atoms with Crippen molar-refractivity contribution < 1.29 is 29.2 Å². The Hall–Kier alpha value is -2.55. The van der Waals surface area contributed by atoms with Crippen LogP contribution in [0.2, 0.25) is 0 Å². The highest BCUT2D eigenvalue weighted by atomic mass is 31.2. The number of aliphatic carboxylic acids is 1. The molecule has 2 aromatic rings. The van der Waals surface area contributed by atoms with E-state index in [0.29, 0.717) is 17.0 Å². The molecular weight excluding hydrogens is 589 g/mol. The zero-order valence-corrected chi connectivity index (χ0v) is 27.2. The highest BCUT2D eigenvalue weighted by Crippen LogP contribution is 2.41. The van der Waals surface area contributed by atoms with Crippen molar-refractivity contribution in [3.05, 3.63) is 60.2 Å². The molecule has 4 fully saturated rings. The summed E-state index contributed by atoms with van der Waals surface area (Å²) in [5.74, 6) is 0.823. The molecule has 4 aliphatic rings. The molecule has 2 aliphatic carbocycles. The van der Waals surface area contributed by atoms with Crippen LogP contribution in [0.3, 0.4) is 0 Å². The van der Waals surface area contributed by atoms with Gasteiger partial charge in [0, 0.05) is 55.5 Å². The molecule has 2 saturated carbocycles. The maximum absolute atomic E-state index is 13.6. The minimum Gasteiger partial charge on any atom is -0.484 e. The SMILES string of the molecule is CC1CC1N(C(=O)COc1ccc(P(O)O)cc1)C1CCN(C2CN(C(C(=O)O)C3CCCCC3)C[C@@H]2c2ccccc2)CC1. The zero-order chi connectivity index (χ0) is 31.5. The second kappa shape index (κ2) is 14.5. The Balaban J connectivity index is 1.12. The average Bonchev–Trinajstić information content (AvgIpc) is 3.60. The van der Waals surface area contributed by atoms with E-state index in [9.17, 15) is 24.5 Å². The second-order valence-corrected chi connectivity index (χ2v) is 14.7. The molecule has 3 N–H and O–H groups in total. The van der Waals surface area contributed by atoms with Gasteiger partial charge in [-0.3, -0.25) is 19.4 Å². The van der Waals surface area contributed by atoms with Crippen molar-refractivity contribution >= 4 is 25.6 Å². The molecule has 6 rings (SSSR count). The van der Waals surface area contributed by atoms with Crippen LogP contribution in [0.25, 0.3) is 0 Å². The quantitative estimate of drug-likeness (QED) is 0.315. The van der Waals surface area contributed by atoms with E-state index in [0.717, 1.165) is 71.1 Å². The van der Waals surface area contributed by atoms with E-state index in [4.69, 9.17) is 4.74 Å². The summed E-state index contributed by atoms with van der Waals surface area (Å²) in [5.41, 5.74) is 1.28. The van der Waals surface area contributed by atoms with E-state index in [2.05, 4.69) is 45.9 Å². The summed E-state index contributed by atoms with van der Waals surface area (Å²) in [4.78, 5) is 52.0. The van der Waals surface area contributed by atoms with Crippen molar-refractivity contribution in [2.24, 2.45) is 11.8 Å². The van der Waals surface area contributed by atoms with E-state index in [1.165, 1.54) is 12.0 Å². The van der Waals surface area contributed by atoms with Crippen LogP contribution in [-0.4, -0.2) is 98.4 Å². The Kier molecular flexibility index (Phi) is 10.4. The van der Waals surface area contributed by atoms with Gasteiger partial charge in [0.05, 0.1) is 0 Å². The first-order valence-corrected chi connectivity index (χ1v) is 18.0. The molecule has 0 bridgehead atoms. The number of amides is 1. The summed E-state index contributed by atoms with van der Waals surface area (Å²) >= 11 is 0. The van der Waals surface area contributed by atoms with Crippen LogP contribution in [0.15, 0.2) is 54.6 Å². The number of rotatable bonds is 11. The summed E-state index contributed by atoms with van der Waals surface area (Å²) in [5, 5.41) is 10.8. The van der Waals surface area contributed by atoms with Crippen LogP contribution in [0, 0.1) is 11.8 Å². The number of hydrogen-bond acceptors (Lipinski definition) is 7. The third kappa shape index (κ3) is 7.55. The fraction of sp³-hybridized carbons (Fsp3) is 0.600. The van der Waals surface area contributed by atoms with Gasteiger partial charge < -0.3 is 24.5 Å². The molecule has 2 heterocycles. The van der Waals surface area contributed by atoms with Gasteiger partial charge in [0.1, 0.15) is 11.8 Å². The standard InChI is InChI=1S/C35H48N3O6P/c1-24-20-31(24)38(33(39)23-44-28-12-14-29(15-13-28)45(42)43)27-16-18-36(19-17-27)32-22-37(21-30(32)25-8-4-2-5-9-25)34(35(40)41)26-10-6-3-7-11-26/h2,4-5,8-9,12-15,24,26-27,30-32,34,42-43H,3,6-7,10-11,16-23H2,1H3,(H,40,41)/t24?,30-,31?,32?,34?/m1/s1. The molecule has 244 valence electrons. The smallest absolute Gasteiger partial charge is 0.321 e. The topological polar surface area (TPSA) is 114 Å². The summed E-state index contributed by atoms with van der Waals surface area (Å²) in [7, 11) is -2.15. The van der Waals surface area contributed by atoms with Gasteiger partial charge in [0.25, 0.3) is 5.91 Å². The Morgan fingerprint density at radius 1 is 0.956 bits per heavy atom. The normalized spacial score (nSPS) is 27.4. The number of carbonyl (C=O) groups excluding carboxylic acids is 1. The molecule has 5 atom stereocenters. The zero-order valence-electron chi connectivity index (χ0n) is 26.3. The molecular formula is C35H48N3O6P. The second-order valence-electron chi connectivity index (χ2n) is 13.6. The number of ether oxygens (including phenoxy) is 1. The number of piperidine rings is 1. The molecule has 4 unspecified atom stereocenters. The Bertz CT molecular complexity index is 1280. The Labute approximate surface area is 268 Å². The number of carboxylic acids is 1. The highest BCUT2D eigenvalue weighted by molar-refractivity contribution is 7.54. The number of likely N-dealkylation sites (tertiary alicyclic amines) is 2. The van der Waals surface area contributed by atoms with E-state index < -0.39 is 20.4 Å². The van der Waals surface area contributed by atoms with Crippen LogP contribution >= 0.6 is 8.38 Å².